The second-order valence-electron chi connectivity index (χ2n) is 5.48. The van der Waals surface area contributed by atoms with Crippen LogP contribution in [0.3, 0.4) is 0 Å². The third-order valence-electron chi connectivity index (χ3n) is 3.47. The van der Waals surface area contributed by atoms with E-state index >= 15 is 0 Å². The van der Waals surface area contributed by atoms with Crippen molar-refractivity contribution in [1.82, 2.24) is 0 Å². The molecular weight excluding hydrogens is 265 g/mol. The van der Waals surface area contributed by atoms with E-state index in [2.05, 4.69) is 24.8 Å². The summed E-state index contributed by atoms with van der Waals surface area (Å²) in [4.78, 5) is 2.50. The number of anilines is 1. The van der Waals surface area contributed by atoms with E-state index in [0.29, 0.717) is 11.9 Å². The van der Waals surface area contributed by atoms with Gasteiger partial charge >= 0.3 is 0 Å². The van der Waals surface area contributed by atoms with Crippen LogP contribution in [0.4, 0.5) is 5.69 Å². The predicted octanol–water partition coefficient (Wildman–Crippen LogP) is 5.09. The highest BCUT2D eigenvalue weighted by Gasteiger charge is 2.30. The van der Waals surface area contributed by atoms with Gasteiger partial charge in [0.05, 0.1) is 5.88 Å². The van der Waals surface area contributed by atoms with Crippen LogP contribution >= 0.6 is 23.2 Å². The Hall–Kier alpha value is -0.400. The van der Waals surface area contributed by atoms with Gasteiger partial charge < -0.3 is 4.90 Å². The summed E-state index contributed by atoms with van der Waals surface area (Å²) in [5.41, 5.74) is 2.32. The van der Waals surface area contributed by atoms with Gasteiger partial charge in [0.1, 0.15) is 0 Å². The monoisotopic (exact) mass is 285 g/mol. The van der Waals surface area contributed by atoms with Crippen molar-refractivity contribution in [3.8, 4) is 0 Å². The number of halogens is 2. The number of benzene rings is 1. The van der Waals surface area contributed by atoms with Crippen LogP contribution in [0.1, 0.15) is 38.7 Å². The Morgan fingerprint density at radius 1 is 1.33 bits per heavy atom. The molecule has 0 saturated heterocycles. The van der Waals surface area contributed by atoms with Crippen molar-refractivity contribution >= 4 is 28.9 Å². The van der Waals surface area contributed by atoms with Gasteiger partial charge in [-0.05, 0) is 37.3 Å². The Balaban J connectivity index is 2.22. The SMILES string of the molecule is CC(C)CCN(c1cccc(Cl)c1CCl)C1CC1. The lowest BCUT2D eigenvalue weighted by Crippen LogP contribution is -2.28. The van der Waals surface area contributed by atoms with Crippen molar-refractivity contribution in [3.05, 3.63) is 28.8 Å². The first-order valence-electron chi connectivity index (χ1n) is 6.73. The molecular formula is C15H21Cl2N. The normalized spacial score (nSPS) is 15.2. The van der Waals surface area contributed by atoms with Crippen molar-refractivity contribution in [1.29, 1.82) is 0 Å². The van der Waals surface area contributed by atoms with E-state index in [1.165, 1.54) is 24.9 Å². The lowest BCUT2D eigenvalue weighted by Gasteiger charge is -2.28. The number of alkyl halides is 1. The van der Waals surface area contributed by atoms with Crippen molar-refractivity contribution in [2.45, 2.75) is 45.0 Å². The fourth-order valence-corrected chi connectivity index (χ4v) is 2.82. The van der Waals surface area contributed by atoms with Gasteiger partial charge in [0.25, 0.3) is 0 Å². The van der Waals surface area contributed by atoms with E-state index < -0.39 is 0 Å². The molecule has 0 unspecified atom stereocenters. The Morgan fingerprint density at radius 2 is 2.06 bits per heavy atom. The van der Waals surface area contributed by atoms with Gasteiger partial charge in [0.2, 0.25) is 0 Å². The number of rotatable bonds is 6. The van der Waals surface area contributed by atoms with Crippen LogP contribution in [0.2, 0.25) is 5.02 Å². The van der Waals surface area contributed by atoms with Gasteiger partial charge in [-0.15, -0.1) is 11.6 Å². The van der Waals surface area contributed by atoms with E-state index in [1.807, 2.05) is 12.1 Å². The Bertz CT molecular complexity index is 399. The molecule has 100 valence electrons. The van der Waals surface area contributed by atoms with Crippen molar-refractivity contribution in [2.75, 3.05) is 11.4 Å². The molecule has 0 radical (unpaired) electrons. The second-order valence-corrected chi connectivity index (χ2v) is 6.15. The maximum Gasteiger partial charge on any atom is 0.0509 e. The highest BCUT2D eigenvalue weighted by Crippen LogP contribution is 2.37. The zero-order valence-corrected chi connectivity index (χ0v) is 12.6. The zero-order chi connectivity index (χ0) is 13.1. The molecule has 0 amide bonds. The minimum Gasteiger partial charge on any atom is -0.368 e. The first-order valence-corrected chi connectivity index (χ1v) is 7.64. The highest BCUT2D eigenvalue weighted by molar-refractivity contribution is 6.32. The van der Waals surface area contributed by atoms with Gasteiger partial charge in [0.15, 0.2) is 0 Å². The molecule has 0 heterocycles. The summed E-state index contributed by atoms with van der Waals surface area (Å²) < 4.78 is 0. The first-order chi connectivity index (χ1) is 8.63. The Morgan fingerprint density at radius 3 is 2.61 bits per heavy atom. The fourth-order valence-electron chi connectivity index (χ4n) is 2.23. The van der Waals surface area contributed by atoms with E-state index in [9.17, 15) is 0 Å². The van der Waals surface area contributed by atoms with Crippen LogP contribution in [0.15, 0.2) is 18.2 Å². The molecule has 1 aliphatic rings. The minimum atomic E-state index is 0.486. The quantitative estimate of drug-likeness (QED) is 0.658. The van der Waals surface area contributed by atoms with Crippen molar-refractivity contribution in [3.63, 3.8) is 0 Å². The first kappa shape index (κ1) is 14.0. The van der Waals surface area contributed by atoms with Crippen molar-refractivity contribution in [2.24, 2.45) is 5.92 Å². The van der Waals surface area contributed by atoms with Gasteiger partial charge in [-0.3, -0.25) is 0 Å². The third kappa shape index (κ3) is 3.33. The molecule has 0 atom stereocenters. The summed E-state index contributed by atoms with van der Waals surface area (Å²) >= 11 is 12.3. The third-order valence-corrected chi connectivity index (χ3v) is 4.09. The lowest BCUT2D eigenvalue weighted by molar-refractivity contribution is 0.570. The molecule has 0 aromatic heterocycles. The van der Waals surface area contributed by atoms with E-state index in [0.717, 1.165) is 23.0 Å². The molecule has 1 saturated carbocycles. The number of nitrogens with zero attached hydrogens (tertiary/aromatic N) is 1. The molecule has 0 N–H and O–H groups in total. The molecule has 1 fully saturated rings. The molecule has 0 aliphatic heterocycles. The summed E-state index contributed by atoms with van der Waals surface area (Å²) in [6.45, 7) is 5.64. The number of hydrogen-bond donors (Lipinski definition) is 0. The predicted molar refractivity (Wildman–Crippen MR) is 80.8 cm³/mol. The minimum absolute atomic E-state index is 0.486. The average Bonchev–Trinajstić information content (AvgIpc) is 3.13. The van der Waals surface area contributed by atoms with E-state index in [1.54, 1.807) is 0 Å². The topological polar surface area (TPSA) is 3.24 Å². The summed E-state index contributed by atoms with van der Waals surface area (Å²) in [7, 11) is 0. The number of hydrogen-bond acceptors (Lipinski definition) is 1. The van der Waals surface area contributed by atoms with Crippen LogP contribution < -0.4 is 4.90 Å². The molecule has 0 bridgehead atoms. The molecule has 1 aromatic carbocycles. The van der Waals surface area contributed by atoms with Crippen LogP contribution in [-0.4, -0.2) is 12.6 Å². The zero-order valence-electron chi connectivity index (χ0n) is 11.1. The standard InChI is InChI=1S/C15H21Cl2N/c1-11(2)8-9-18(12-6-7-12)15-5-3-4-14(17)13(15)10-16/h3-5,11-12H,6-10H2,1-2H3. The maximum atomic E-state index is 6.25. The van der Waals surface area contributed by atoms with Crippen LogP contribution in [-0.2, 0) is 5.88 Å². The fraction of sp³-hybridized carbons (Fsp3) is 0.600. The van der Waals surface area contributed by atoms with Gasteiger partial charge in [0, 0.05) is 28.9 Å². The van der Waals surface area contributed by atoms with Gasteiger partial charge in [-0.1, -0.05) is 31.5 Å². The molecule has 1 aromatic rings. The molecule has 3 heteroatoms. The van der Waals surface area contributed by atoms with Gasteiger partial charge in [-0.25, -0.2) is 0 Å². The molecule has 2 rings (SSSR count). The van der Waals surface area contributed by atoms with Crippen LogP contribution in [0, 0.1) is 5.92 Å². The maximum absolute atomic E-state index is 6.25. The highest BCUT2D eigenvalue weighted by atomic mass is 35.5. The largest absolute Gasteiger partial charge is 0.368 e. The van der Waals surface area contributed by atoms with E-state index in [4.69, 9.17) is 23.2 Å². The molecule has 1 nitrogen and oxygen atoms in total. The van der Waals surface area contributed by atoms with Gasteiger partial charge in [-0.2, -0.15) is 0 Å². The molecule has 0 spiro atoms. The lowest BCUT2D eigenvalue weighted by atomic mass is 10.1. The van der Waals surface area contributed by atoms with Crippen LogP contribution in [0.25, 0.3) is 0 Å². The van der Waals surface area contributed by atoms with Crippen molar-refractivity contribution < 1.29 is 0 Å². The average molecular weight is 286 g/mol. The molecule has 1 aliphatic carbocycles. The Kier molecular flexibility index (Phi) is 4.80. The second kappa shape index (κ2) is 6.16. The Labute approximate surface area is 120 Å². The summed E-state index contributed by atoms with van der Waals surface area (Å²) in [5.74, 6) is 1.21. The summed E-state index contributed by atoms with van der Waals surface area (Å²) in [6, 6.07) is 6.81. The smallest absolute Gasteiger partial charge is 0.0509 e. The van der Waals surface area contributed by atoms with E-state index in [-0.39, 0.29) is 0 Å². The van der Waals surface area contributed by atoms with Crippen LogP contribution in [0.5, 0.6) is 0 Å². The molecule has 18 heavy (non-hydrogen) atoms. The summed E-state index contributed by atoms with van der Waals surface area (Å²) in [6.07, 6.45) is 3.81. The summed E-state index contributed by atoms with van der Waals surface area (Å²) in [5, 5.41) is 0.790.